The van der Waals surface area contributed by atoms with Crippen LogP contribution in [-0.2, 0) is 24.9 Å². The summed E-state index contributed by atoms with van der Waals surface area (Å²) in [5, 5.41) is 12.0. The number of nitrogens with one attached hydrogen (secondary N) is 1. The van der Waals surface area contributed by atoms with Crippen molar-refractivity contribution in [1.29, 1.82) is 0 Å². The topological polar surface area (TPSA) is 80.9 Å². The molecule has 1 N–H and O–H groups in total. The van der Waals surface area contributed by atoms with Gasteiger partial charge in [0, 0.05) is 49.8 Å². The van der Waals surface area contributed by atoms with Gasteiger partial charge >= 0.3 is 0 Å². The Morgan fingerprint density at radius 3 is 2.92 bits per heavy atom. The molecule has 1 amide bonds. The summed E-state index contributed by atoms with van der Waals surface area (Å²) in [6, 6.07) is -0.0363. The molecule has 1 saturated heterocycles. The third-order valence-corrected chi connectivity index (χ3v) is 6.20. The van der Waals surface area contributed by atoms with Crippen molar-refractivity contribution in [2.24, 2.45) is 18.4 Å². The molecule has 2 atom stereocenters. The van der Waals surface area contributed by atoms with Crippen LogP contribution in [0.25, 0.3) is 0 Å². The normalized spacial score (nSPS) is 28.4. The Morgan fingerprint density at radius 2 is 2.15 bits per heavy atom. The first-order valence-corrected chi connectivity index (χ1v) is 9.51. The van der Waals surface area contributed by atoms with Crippen molar-refractivity contribution < 1.29 is 4.79 Å². The number of rotatable bonds is 4. The Labute approximate surface area is 152 Å². The maximum Gasteiger partial charge on any atom is 0.223 e. The van der Waals surface area contributed by atoms with Crippen LogP contribution in [0.15, 0.2) is 18.7 Å². The Hall–Kier alpha value is -2.22. The molecule has 1 saturated carbocycles. The molecule has 3 aliphatic rings. The van der Waals surface area contributed by atoms with Crippen molar-refractivity contribution in [3.63, 3.8) is 0 Å². The Kier molecular flexibility index (Phi) is 3.63. The number of hydrogen-bond donors (Lipinski definition) is 1. The molecule has 4 heterocycles. The lowest BCUT2D eigenvalue weighted by Gasteiger charge is -2.41. The zero-order valence-electron chi connectivity index (χ0n) is 15.1. The highest BCUT2D eigenvalue weighted by molar-refractivity contribution is 5.81. The van der Waals surface area contributed by atoms with E-state index in [0.29, 0.717) is 0 Å². The van der Waals surface area contributed by atoms with Crippen molar-refractivity contribution >= 4 is 5.91 Å². The van der Waals surface area contributed by atoms with Crippen LogP contribution in [0.4, 0.5) is 0 Å². The molecule has 2 fully saturated rings. The molecule has 138 valence electrons. The number of aryl methyl sites for hydroxylation is 2. The maximum absolute atomic E-state index is 12.5. The standard InChI is InChI=1S/C18H25N7O/c1-23-9-13(8-20-23)10-24-6-4-18(11-24)5-7-25-16(19-12-21-25)15(18)22-17(26)14-2-3-14/h8-9,12,14-15H,2-7,10-11H2,1H3,(H,22,26)/t15-,18+/m1/s1. The molecule has 0 bridgehead atoms. The smallest absolute Gasteiger partial charge is 0.223 e. The summed E-state index contributed by atoms with van der Waals surface area (Å²) in [7, 11) is 1.95. The average Bonchev–Trinajstić information content (AvgIpc) is 3.03. The van der Waals surface area contributed by atoms with E-state index in [1.165, 1.54) is 5.56 Å². The summed E-state index contributed by atoms with van der Waals surface area (Å²) in [5.41, 5.74) is 1.29. The van der Waals surface area contributed by atoms with Gasteiger partial charge in [-0.1, -0.05) is 0 Å². The highest BCUT2D eigenvalue weighted by Crippen LogP contribution is 2.48. The van der Waals surface area contributed by atoms with Gasteiger partial charge in [0.05, 0.1) is 12.2 Å². The molecule has 2 aromatic heterocycles. The second-order valence-corrected chi connectivity index (χ2v) is 8.15. The van der Waals surface area contributed by atoms with Gasteiger partial charge in [0.25, 0.3) is 0 Å². The van der Waals surface area contributed by atoms with Crippen molar-refractivity contribution in [2.45, 2.75) is 44.8 Å². The molecule has 8 heteroatoms. The number of carbonyl (C=O) groups excluding carboxylic acids is 1. The summed E-state index contributed by atoms with van der Waals surface area (Å²) in [6.07, 6.45) is 9.78. The van der Waals surface area contributed by atoms with Crippen LogP contribution in [0.1, 0.15) is 43.1 Å². The monoisotopic (exact) mass is 355 g/mol. The lowest BCUT2D eigenvalue weighted by Crippen LogP contribution is -2.47. The van der Waals surface area contributed by atoms with Crippen LogP contribution in [0.3, 0.4) is 0 Å². The van der Waals surface area contributed by atoms with Crippen molar-refractivity contribution in [3.8, 4) is 0 Å². The molecule has 2 aliphatic heterocycles. The molecule has 8 nitrogen and oxygen atoms in total. The number of hydrogen-bond acceptors (Lipinski definition) is 5. The largest absolute Gasteiger partial charge is 0.345 e. The van der Waals surface area contributed by atoms with Gasteiger partial charge in [0.2, 0.25) is 5.91 Å². The minimum Gasteiger partial charge on any atom is -0.345 e. The molecule has 2 aromatic rings. The molecular weight excluding hydrogens is 330 g/mol. The summed E-state index contributed by atoms with van der Waals surface area (Å²) in [4.78, 5) is 19.5. The first-order chi connectivity index (χ1) is 12.6. The van der Waals surface area contributed by atoms with Gasteiger partial charge in [-0.3, -0.25) is 14.4 Å². The third kappa shape index (κ3) is 2.72. The van der Waals surface area contributed by atoms with Crippen molar-refractivity contribution in [2.75, 3.05) is 13.1 Å². The Balaban J connectivity index is 1.38. The van der Waals surface area contributed by atoms with E-state index >= 15 is 0 Å². The van der Waals surface area contributed by atoms with E-state index in [4.69, 9.17) is 0 Å². The lowest BCUT2D eigenvalue weighted by atomic mass is 9.74. The predicted molar refractivity (Wildman–Crippen MR) is 93.8 cm³/mol. The molecule has 0 radical (unpaired) electrons. The predicted octanol–water partition coefficient (Wildman–Crippen LogP) is 0.875. The number of carbonyl (C=O) groups is 1. The Morgan fingerprint density at radius 1 is 1.31 bits per heavy atom. The molecular formula is C18H25N7O. The van der Waals surface area contributed by atoms with Crippen molar-refractivity contribution in [3.05, 3.63) is 30.1 Å². The minimum atomic E-state index is -0.0363. The summed E-state index contributed by atoms with van der Waals surface area (Å²) in [6.45, 7) is 3.81. The fourth-order valence-electron chi connectivity index (χ4n) is 4.61. The van der Waals surface area contributed by atoms with Gasteiger partial charge < -0.3 is 5.32 Å². The van der Waals surface area contributed by atoms with Crippen LogP contribution in [0.5, 0.6) is 0 Å². The SMILES string of the molecule is Cn1cc(CN2CC[C@]3(CCn4ncnc4[C@H]3NC(=O)C3CC3)C2)cn1. The van der Waals surface area contributed by atoms with Gasteiger partial charge in [0.15, 0.2) is 0 Å². The molecule has 1 aliphatic carbocycles. The molecule has 26 heavy (non-hydrogen) atoms. The van der Waals surface area contributed by atoms with Crippen molar-refractivity contribution in [1.82, 2.24) is 34.8 Å². The van der Waals surface area contributed by atoms with Crippen LogP contribution < -0.4 is 5.32 Å². The van der Waals surface area contributed by atoms with E-state index in [1.54, 1.807) is 6.33 Å². The minimum absolute atomic E-state index is 0.0363. The first-order valence-electron chi connectivity index (χ1n) is 9.51. The fraction of sp³-hybridized carbons (Fsp3) is 0.667. The van der Waals surface area contributed by atoms with Crippen LogP contribution in [0.2, 0.25) is 0 Å². The zero-order chi connectivity index (χ0) is 17.7. The average molecular weight is 355 g/mol. The number of likely N-dealkylation sites (tertiary alicyclic amines) is 1. The number of fused-ring (bicyclic) bond motifs is 1. The van der Waals surface area contributed by atoms with E-state index in [9.17, 15) is 4.79 Å². The number of aromatic nitrogens is 5. The highest BCUT2D eigenvalue weighted by atomic mass is 16.2. The second kappa shape index (κ2) is 5.90. The van der Waals surface area contributed by atoms with Gasteiger partial charge in [-0.25, -0.2) is 9.67 Å². The molecule has 5 rings (SSSR count). The highest BCUT2D eigenvalue weighted by Gasteiger charge is 2.50. The first kappa shape index (κ1) is 16.0. The van der Waals surface area contributed by atoms with Gasteiger partial charge in [-0.15, -0.1) is 0 Å². The number of nitrogens with zero attached hydrogens (tertiary/aromatic N) is 6. The molecule has 0 aromatic carbocycles. The van der Waals surface area contributed by atoms with E-state index in [1.807, 2.05) is 22.6 Å². The number of amides is 1. The summed E-state index contributed by atoms with van der Waals surface area (Å²) in [5.74, 6) is 1.32. The molecule has 0 unspecified atom stereocenters. The van der Waals surface area contributed by atoms with Crippen LogP contribution in [0, 0.1) is 11.3 Å². The van der Waals surface area contributed by atoms with E-state index in [0.717, 1.165) is 57.7 Å². The summed E-state index contributed by atoms with van der Waals surface area (Å²) >= 11 is 0. The lowest BCUT2D eigenvalue weighted by molar-refractivity contribution is -0.124. The van der Waals surface area contributed by atoms with E-state index in [-0.39, 0.29) is 23.3 Å². The second-order valence-electron chi connectivity index (χ2n) is 8.15. The van der Waals surface area contributed by atoms with Gasteiger partial charge in [-0.05, 0) is 32.2 Å². The van der Waals surface area contributed by atoms with Crippen LogP contribution >= 0.6 is 0 Å². The Bertz CT molecular complexity index is 823. The van der Waals surface area contributed by atoms with E-state index in [2.05, 4.69) is 31.6 Å². The zero-order valence-corrected chi connectivity index (χ0v) is 15.1. The van der Waals surface area contributed by atoms with E-state index < -0.39 is 0 Å². The fourth-order valence-corrected chi connectivity index (χ4v) is 4.61. The maximum atomic E-state index is 12.5. The van der Waals surface area contributed by atoms with Crippen LogP contribution in [-0.4, -0.2) is 48.4 Å². The van der Waals surface area contributed by atoms with Gasteiger partial charge in [-0.2, -0.15) is 10.2 Å². The molecule has 1 spiro atoms. The quantitative estimate of drug-likeness (QED) is 0.880. The summed E-state index contributed by atoms with van der Waals surface area (Å²) < 4.78 is 3.82. The van der Waals surface area contributed by atoms with Gasteiger partial charge in [0.1, 0.15) is 12.2 Å². The third-order valence-electron chi connectivity index (χ3n) is 6.20.